The quantitative estimate of drug-likeness (QED) is 0.558. The number of Topliss-reactive ketones (excluding diaryl/α,β-unsaturated/α-hetero) is 1. The first kappa shape index (κ1) is 19.4. The lowest BCUT2D eigenvalue weighted by molar-refractivity contribution is -0.144. The summed E-state index contributed by atoms with van der Waals surface area (Å²) in [7, 11) is 1.33. The summed E-state index contributed by atoms with van der Waals surface area (Å²) in [4.78, 5) is 23.8. The zero-order valence-corrected chi connectivity index (χ0v) is 15.2. The minimum Gasteiger partial charge on any atom is -0.494 e. The predicted molar refractivity (Wildman–Crippen MR) is 94.4 cm³/mol. The van der Waals surface area contributed by atoms with E-state index in [1.807, 2.05) is 32.9 Å². The number of benzene rings is 2. The molecule has 0 atom stereocenters. The molecule has 0 aliphatic rings. The number of methoxy groups -OCH3 is 1. The summed E-state index contributed by atoms with van der Waals surface area (Å²) in [6, 6.07) is 7.71. The molecule has 0 N–H and O–H groups in total. The maximum absolute atomic E-state index is 13.6. The Morgan fingerprint density at radius 2 is 1.65 bits per heavy atom. The van der Waals surface area contributed by atoms with Crippen LogP contribution in [-0.4, -0.2) is 32.1 Å². The fraction of sp³-hybridized carbons (Fsp3) is 0.300. The number of halogens is 1. The van der Waals surface area contributed by atoms with Crippen LogP contribution in [0.3, 0.4) is 0 Å². The Morgan fingerprint density at radius 1 is 1.00 bits per heavy atom. The molecule has 138 valence electrons. The number of esters is 1. The zero-order valence-electron chi connectivity index (χ0n) is 15.2. The van der Waals surface area contributed by atoms with E-state index in [0.29, 0.717) is 5.75 Å². The van der Waals surface area contributed by atoms with Gasteiger partial charge in [-0.15, -0.1) is 0 Å². The number of rotatable bonds is 7. The largest absolute Gasteiger partial charge is 0.494 e. The third-order valence-electron chi connectivity index (χ3n) is 3.78. The molecule has 0 saturated heterocycles. The van der Waals surface area contributed by atoms with Gasteiger partial charge in [0.05, 0.1) is 7.11 Å². The third kappa shape index (κ3) is 4.81. The highest BCUT2D eigenvalue weighted by atomic mass is 19.1. The van der Waals surface area contributed by atoms with Gasteiger partial charge in [0.25, 0.3) is 0 Å². The highest BCUT2D eigenvalue weighted by molar-refractivity contribution is 5.98. The van der Waals surface area contributed by atoms with Gasteiger partial charge in [0, 0.05) is 5.56 Å². The number of carbonyl (C=O) groups excluding carboxylic acids is 2. The van der Waals surface area contributed by atoms with E-state index in [0.717, 1.165) is 22.8 Å². The second-order valence-electron chi connectivity index (χ2n) is 5.95. The molecule has 0 amide bonds. The van der Waals surface area contributed by atoms with Crippen molar-refractivity contribution in [3.8, 4) is 11.5 Å². The van der Waals surface area contributed by atoms with Gasteiger partial charge in [-0.25, -0.2) is 9.18 Å². The number of hydrogen-bond acceptors (Lipinski definition) is 5. The summed E-state index contributed by atoms with van der Waals surface area (Å²) < 4.78 is 28.8. The first-order chi connectivity index (χ1) is 12.3. The molecule has 2 aromatic rings. The van der Waals surface area contributed by atoms with Gasteiger partial charge >= 0.3 is 5.97 Å². The molecular weight excluding hydrogens is 339 g/mol. The van der Waals surface area contributed by atoms with Crippen molar-refractivity contribution >= 4 is 11.8 Å². The van der Waals surface area contributed by atoms with Crippen molar-refractivity contribution < 1.29 is 28.2 Å². The molecular formula is C20H21FO5. The van der Waals surface area contributed by atoms with Gasteiger partial charge in [0.1, 0.15) is 5.75 Å². The third-order valence-corrected chi connectivity index (χ3v) is 3.78. The Hall–Kier alpha value is -2.89. The van der Waals surface area contributed by atoms with Crippen LogP contribution in [0.15, 0.2) is 30.3 Å². The van der Waals surface area contributed by atoms with Crippen molar-refractivity contribution in [2.24, 2.45) is 0 Å². The molecule has 0 aliphatic carbocycles. The van der Waals surface area contributed by atoms with E-state index >= 15 is 0 Å². The van der Waals surface area contributed by atoms with E-state index in [9.17, 15) is 14.0 Å². The Kier molecular flexibility index (Phi) is 6.33. The van der Waals surface area contributed by atoms with Crippen molar-refractivity contribution in [2.45, 2.75) is 20.8 Å². The van der Waals surface area contributed by atoms with E-state index in [2.05, 4.69) is 0 Å². The van der Waals surface area contributed by atoms with Crippen molar-refractivity contribution in [3.63, 3.8) is 0 Å². The van der Waals surface area contributed by atoms with Gasteiger partial charge < -0.3 is 14.2 Å². The fourth-order valence-electron chi connectivity index (χ4n) is 2.64. The van der Waals surface area contributed by atoms with Crippen LogP contribution in [0.4, 0.5) is 4.39 Å². The molecule has 0 radical (unpaired) electrons. The Bertz CT molecular complexity index is 806. The zero-order chi connectivity index (χ0) is 19.3. The van der Waals surface area contributed by atoms with Crippen molar-refractivity contribution in [3.05, 3.63) is 58.4 Å². The van der Waals surface area contributed by atoms with Crippen LogP contribution in [0.5, 0.6) is 11.5 Å². The summed E-state index contributed by atoms with van der Waals surface area (Å²) in [5.41, 5.74) is 3.04. The molecule has 0 spiro atoms. The number of carbonyl (C=O) groups is 2. The maximum Gasteiger partial charge on any atom is 0.344 e. The van der Waals surface area contributed by atoms with E-state index in [4.69, 9.17) is 14.2 Å². The molecule has 5 nitrogen and oxygen atoms in total. The number of hydrogen-bond donors (Lipinski definition) is 0. The second kappa shape index (κ2) is 8.47. The van der Waals surface area contributed by atoms with Crippen molar-refractivity contribution in [2.75, 3.05) is 20.3 Å². The van der Waals surface area contributed by atoms with Crippen LogP contribution >= 0.6 is 0 Å². The second-order valence-corrected chi connectivity index (χ2v) is 5.95. The molecule has 2 rings (SSSR count). The normalized spacial score (nSPS) is 10.3. The lowest BCUT2D eigenvalue weighted by atomic mass is 10.1. The Balaban J connectivity index is 1.89. The minimum absolute atomic E-state index is 0.0378. The molecule has 0 fully saturated rings. The summed E-state index contributed by atoms with van der Waals surface area (Å²) in [6.45, 7) is 4.96. The topological polar surface area (TPSA) is 61.8 Å². The molecule has 26 heavy (non-hydrogen) atoms. The highest BCUT2D eigenvalue weighted by Gasteiger charge is 2.14. The highest BCUT2D eigenvalue weighted by Crippen LogP contribution is 2.24. The standard InChI is InChI=1S/C20H21FO5/c1-12-7-13(2)20(14(3)8-12)26-11-19(23)25-10-17(22)15-5-6-18(24-4)16(21)9-15/h5-9H,10-11H2,1-4H3. The van der Waals surface area contributed by atoms with E-state index in [1.165, 1.54) is 19.2 Å². The molecule has 6 heteroatoms. The summed E-state index contributed by atoms with van der Waals surface area (Å²) in [5, 5.41) is 0. The summed E-state index contributed by atoms with van der Waals surface area (Å²) in [6.07, 6.45) is 0. The fourth-order valence-corrected chi connectivity index (χ4v) is 2.64. The Labute approximate surface area is 151 Å². The molecule has 0 bridgehead atoms. The van der Waals surface area contributed by atoms with Crippen molar-refractivity contribution in [1.29, 1.82) is 0 Å². The van der Waals surface area contributed by atoms with Gasteiger partial charge in [0.15, 0.2) is 30.6 Å². The monoisotopic (exact) mass is 360 g/mol. The first-order valence-electron chi connectivity index (χ1n) is 8.05. The van der Waals surface area contributed by atoms with E-state index in [1.54, 1.807) is 0 Å². The smallest absolute Gasteiger partial charge is 0.344 e. The predicted octanol–water partition coefficient (Wildman–Crippen LogP) is 3.56. The Morgan fingerprint density at radius 3 is 2.23 bits per heavy atom. The van der Waals surface area contributed by atoms with Gasteiger partial charge in [-0.2, -0.15) is 0 Å². The minimum atomic E-state index is -0.674. The molecule has 0 aromatic heterocycles. The average Bonchev–Trinajstić information content (AvgIpc) is 2.58. The van der Waals surface area contributed by atoms with Crippen LogP contribution < -0.4 is 9.47 Å². The lowest BCUT2D eigenvalue weighted by Gasteiger charge is -2.12. The molecule has 0 aliphatic heterocycles. The SMILES string of the molecule is COc1ccc(C(=O)COC(=O)COc2c(C)cc(C)cc2C)cc1F. The van der Waals surface area contributed by atoms with Crippen molar-refractivity contribution in [1.82, 2.24) is 0 Å². The number of ether oxygens (including phenoxy) is 3. The maximum atomic E-state index is 13.6. The van der Waals surface area contributed by atoms with E-state index in [-0.39, 0.29) is 17.9 Å². The molecule has 0 saturated carbocycles. The number of ketones is 1. The first-order valence-corrected chi connectivity index (χ1v) is 8.05. The summed E-state index contributed by atoms with van der Waals surface area (Å²) in [5.74, 6) is -1.18. The van der Waals surface area contributed by atoms with Gasteiger partial charge in [-0.05, 0) is 50.1 Å². The molecule has 0 unspecified atom stereocenters. The lowest BCUT2D eigenvalue weighted by Crippen LogP contribution is -2.20. The van der Waals surface area contributed by atoms with Crippen LogP contribution in [0.2, 0.25) is 0 Å². The molecule has 2 aromatic carbocycles. The van der Waals surface area contributed by atoms with Crippen LogP contribution in [0.25, 0.3) is 0 Å². The molecule has 0 heterocycles. The summed E-state index contributed by atoms with van der Waals surface area (Å²) >= 11 is 0. The van der Waals surface area contributed by atoms with Crippen LogP contribution in [-0.2, 0) is 9.53 Å². The van der Waals surface area contributed by atoms with Gasteiger partial charge in [-0.1, -0.05) is 17.7 Å². The van der Waals surface area contributed by atoms with Gasteiger partial charge in [-0.3, -0.25) is 4.79 Å². The van der Waals surface area contributed by atoms with Crippen LogP contribution in [0, 0.1) is 26.6 Å². The van der Waals surface area contributed by atoms with Gasteiger partial charge in [0.2, 0.25) is 0 Å². The average molecular weight is 360 g/mol. The van der Waals surface area contributed by atoms with E-state index < -0.39 is 24.2 Å². The van der Waals surface area contributed by atoms with Crippen LogP contribution in [0.1, 0.15) is 27.0 Å². The number of aryl methyl sites for hydroxylation is 3.